The third kappa shape index (κ3) is 4.28. The summed E-state index contributed by atoms with van der Waals surface area (Å²) in [7, 11) is 0. The van der Waals surface area contributed by atoms with Gasteiger partial charge in [-0.2, -0.15) is 0 Å². The molecule has 0 atom stereocenters. The first-order chi connectivity index (χ1) is 7.63. The normalized spacial score (nSPS) is 11.5. The first kappa shape index (κ1) is 13.1. The Bertz CT molecular complexity index is 385. The van der Waals surface area contributed by atoms with Crippen molar-refractivity contribution in [3.8, 4) is 5.75 Å². The molecule has 1 aromatic rings. The summed E-state index contributed by atoms with van der Waals surface area (Å²) < 4.78 is 6.36. The predicted octanol–water partition coefficient (Wildman–Crippen LogP) is 3.01. The van der Waals surface area contributed by atoms with Crippen LogP contribution in [0.4, 0.5) is 0 Å². The number of nitrogens with two attached hydrogens (primary N) is 1. The number of rotatable bonds is 5. The van der Waals surface area contributed by atoms with E-state index in [9.17, 15) is 0 Å². The van der Waals surface area contributed by atoms with Gasteiger partial charge in [-0.1, -0.05) is 32.7 Å². The van der Waals surface area contributed by atoms with Gasteiger partial charge in [0.25, 0.3) is 0 Å². The van der Waals surface area contributed by atoms with Crippen LogP contribution in [-0.2, 0) is 0 Å². The second kappa shape index (κ2) is 6.60. The molecule has 0 radical (unpaired) electrons. The fourth-order valence-corrected chi connectivity index (χ4v) is 1.59. The van der Waals surface area contributed by atoms with Crippen LogP contribution in [0.2, 0.25) is 5.02 Å². The Morgan fingerprint density at radius 3 is 3.00 bits per heavy atom. The summed E-state index contributed by atoms with van der Waals surface area (Å²) in [6.07, 6.45) is 1.15. The highest BCUT2D eigenvalue weighted by molar-refractivity contribution is 9.10. The van der Waals surface area contributed by atoms with Crippen molar-refractivity contribution in [2.75, 3.05) is 6.61 Å². The van der Waals surface area contributed by atoms with Gasteiger partial charge in [-0.15, -0.1) is 0 Å². The van der Waals surface area contributed by atoms with Gasteiger partial charge in [0.2, 0.25) is 0 Å². The zero-order valence-corrected chi connectivity index (χ0v) is 10.8. The van der Waals surface area contributed by atoms with E-state index in [2.05, 4.69) is 21.1 Å². The van der Waals surface area contributed by atoms with Crippen molar-refractivity contribution in [1.29, 1.82) is 0 Å². The van der Waals surface area contributed by atoms with Crippen molar-refractivity contribution in [3.05, 3.63) is 27.7 Å². The van der Waals surface area contributed by atoms with Gasteiger partial charge < -0.3 is 15.7 Å². The molecule has 0 fully saturated rings. The molecule has 0 aromatic heterocycles. The Labute approximate surface area is 107 Å². The maximum Gasteiger partial charge on any atom is 0.139 e. The Hall–Kier alpha value is -0.940. The number of nitrogens with zero attached hydrogens (tertiary/aromatic N) is 1. The smallest absolute Gasteiger partial charge is 0.139 e. The molecular formula is C10H12BrClN2O2. The lowest BCUT2D eigenvalue weighted by molar-refractivity contribution is 0.305. The maximum absolute atomic E-state index is 8.33. The molecular weight excluding hydrogens is 295 g/mol. The van der Waals surface area contributed by atoms with Gasteiger partial charge in [-0.3, -0.25) is 0 Å². The molecule has 16 heavy (non-hydrogen) atoms. The molecule has 3 N–H and O–H groups in total. The quantitative estimate of drug-likeness (QED) is 0.289. The highest BCUT2D eigenvalue weighted by Crippen LogP contribution is 2.27. The van der Waals surface area contributed by atoms with E-state index in [4.69, 9.17) is 27.3 Å². The lowest BCUT2D eigenvalue weighted by Crippen LogP contribution is -2.12. The van der Waals surface area contributed by atoms with Crippen LogP contribution in [0.25, 0.3) is 0 Å². The molecule has 88 valence electrons. The molecule has 0 heterocycles. The van der Waals surface area contributed by atoms with E-state index in [1.807, 2.05) is 6.07 Å². The largest absolute Gasteiger partial charge is 0.492 e. The number of ether oxygens (including phenoxy) is 1. The van der Waals surface area contributed by atoms with Crippen LogP contribution >= 0.6 is 27.5 Å². The summed E-state index contributed by atoms with van der Waals surface area (Å²) in [4.78, 5) is 0. The molecule has 0 aliphatic heterocycles. The zero-order chi connectivity index (χ0) is 12.0. The van der Waals surface area contributed by atoms with Crippen molar-refractivity contribution >= 4 is 33.4 Å². The number of oxime groups is 1. The third-order valence-electron chi connectivity index (χ3n) is 1.86. The Morgan fingerprint density at radius 2 is 2.31 bits per heavy atom. The first-order valence-electron chi connectivity index (χ1n) is 4.67. The minimum absolute atomic E-state index is 0.198. The van der Waals surface area contributed by atoms with E-state index in [-0.39, 0.29) is 5.84 Å². The topological polar surface area (TPSA) is 67.8 Å². The van der Waals surface area contributed by atoms with Crippen molar-refractivity contribution in [1.82, 2.24) is 0 Å². The molecule has 0 unspecified atom stereocenters. The van der Waals surface area contributed by atoms with Crippen LogP contribution < -0.4 is 10.5 Å². The van der Waals surface area contributed by atoms with Crippen molar-refractivity contribution in [2.24, 2.45) is 10.9 Å². The SMILES string of the molecule is NC(CCCOc1cc(Br)ccc1Cl)=NO. The van der Waals surface area contributed by atoms with Crippen LogP contribution in [0.5, 0.6) is 5.75 Å². The number of hydrogen-bond acceptors (Lipinski definition) is 3. The van der Waals surface area contributed by atoms with Gasteiger partial charge in [0.05, 0.1) is 11.6 Å². The molecule has 0 bridgehead atoms. The summed E-state index contributed by atoms with van der Waals surface area (Å²) in [5.41, 5.74) is 5.32. The van der Waals surface area contributed by atoms with Gasteiger partial charge in [-0.05, 0) is 24.6 Å². The van der Waals surface area contributed by atoms with Crippen LogP contribution in [0.15, 0.2) is 27.8 Å². The van der Waals surface area contributed by atoms with Gasteiger partial charge in [0.15, 0.2) is 0 Å². The summed E-state index contributed by atoms with van der Waals surface area (Å²) in [6.45, 7) is 0.465. The molecule has 6 heteroatoms. The second-order valence-electron chi connectivity index (χ2n) is 3.12. The molecule has 0 saturated carbocycles. The number of halogens is 2. The first-order valence-corrected chi connectivity index (χ1v) is 5.85. The lowest BCUT2D eigenvalue weighted by Gasteiger charge is -2.07. The van der Waals surface area contributed by atoms with Crippen molar-refractivity contribution in [2.45, 2.75) is 12.8 Å². The van der Waals surface area contributed by atoms with E-state index >= 15 is 0 Å². The maximum atomic E-state index is 8.33. The van der Waals surface area contributed by atoms with E-state index in [1.165, 1.54) is 0 Å². The average molecular weight is 308 g/mol. The Balaban J connectivity index is 2.40. The van der Waals surface area contributed by atoms with Gasteiger partial charge >= 0.3 is 0 Å². The third-order valence-corrected chi connectivity index (χ3v) is 2.66. The zero-order valence-electron chi connectivity index (χ0n) is 8.49. The average Bonchev–Trinajstić information content (AvgIpc) is 2.28. The van der Waals surface area contributed by atoms with E-state index in [0.717, 1.165) is 4.47 Å². The predicted molar refractivity (Wildman–Crippen MR) is 67.3 cm³/mol. The molecule has 0 aliphatic rings. The van der Waals surface area contributed by atoms with Gasteiger partial charge in [0.1, 0.15) is 11.6 Å². The molecule has 1 rings (SSSR count). The van der Waals surface area contributed by atoms with Crippen LogP contribution in [-0.4, -0.2) is 17.6 Å². The van der Waals surface area contributed by atoms with Crippen LogP contribution in [0, 0.1) is 0 Å². The van der Waals surface area contributed by atoms with E-state index in [1.54, 1.807) is 12.1 Å². The summed E-state index contributed by atoms with van der Waals surface area (Å²) >= 11 is 9.26. The fourth-order valence-electron chi connectivity index (χ4n) is 1.07. The summed E-state index contributed by atoms with van der Waals surface area (Å²) in [6, 6.07) is 5.39. The molecule has 4 nitrogen and oxygen atoms in total. The van der Waals surface area contributed by atoms with Crippen molar-refractivity contribution < 1.29 is 9.94 Å². The summed E-state index contributed by atoms with van der Waals surface area (Å²) in [5.74, 6) is 0.819. The van der Waals surface area contributed by atoms with Crippen molar-refractivity contribution in [3.63, 3.8) is 0 Å². The molecule has 0 spiro atoms. The highest BCUT2D eigenvalue weighted by atomic mass is 79.9. The lowest BCUT2D eigenvalue weighted by atomic mass is 10.3. The summed E-state index contributed by atoms with van der Waals surface area (Å²) in [5, 5.41) is 11.8. The molecule has 0 saturated heterocycles. The molecule has 0 aliphatic carbocycles. The van der Waals surface area contributed by atoms with Crippen LogP contribution in [0.1, 0.15) is 12.8 Å². The molecule has 0 amide bonds. The minimum Gasteiger partial charge on any atom is -0.492 e. The Kier molecular flexibility index (Phi) is 5.42. The highest BCUT2D eigenvalue weighted by Gasteiger charge is 2.02. The van der Waals surface area contributed by atoms with E-state index in [0.29, 0.717) is 30.2 Å². The minimum atomic E-state index is 0.198. The number of benzene rings is 1. The van der Waals surface area contributed by atoms with Gasteiger partial charge in [0, 0.05) is 10.9 Å². The number of hydrogen-bond donors (Lipinski definition) is 2. The molecule has 1 aromatic carbocycles. The van der Waals surface area contributed by atoms with E-state index < -0.39 is 0 Å². The number of amidine groups is 1. The van der Waals surface area contributed by atoms with Crippen LogP contribution in [0.3, 0.4) is 0 Å². The monoisotopic (exact) mass is 306 g/mol. The fraction of sp³-hybridized carbons (Fsp3) is 0.300. The standard InChI is InChI=1S/C10H12BrClN2O2/c11-7-3-4-8(12)9(6-7)16-5-1-2-10(13)14-15/h3-4,6,15H,1-2,5H2,(H2,13,14). The second-order valence-corrected chi connectivity index (χ2v) is 4.44. The van der Waals surface area contributed by atoms with Gasteiger partial charge in [-0.25, -0.2) is 0 Å². The Morgan fingerprint density at radius 1 is 1.56 bits per heavy atom.